The molecule has 0 aliphatic rings. The first kappa shape index (κ1) is 9.52. The zero-order valence-electron chi connectivity index (χ0n) is 8.51. The summed E-state index contributed by atoms with van der Waals surface area (Å²) < 4.78 is 0. The van der Waals surface area contributed by atoms with Crippen LogP contribution in [0.2, 0.25) is 0 Å². The van der Waals surface area contributed by atoms with E-state index in [1.165, 1.54) is 0 Å². The number of fused-ring (bicyclic) bond motifs is 1. The molecule has 0 radical (unpaired) electrons. The molecule has 0 unspecified atom stereocenters. The normalized spacial score (nSPS) is 11.0. The Morgan fingerprint density at radius 3 is 2.80 bits per heavy atom. The van der Waals surface area contributed by atoms with Gasteiger partial charge in [0.2, 0.25) is 0 Å². The van der Waals surface area contributed by atoms with Gasteiger partial charge in [0.05, 0.1) is 11.0 Å². The number of aliphatic imine (C=N–C) groups is 1. The van der Waals surface area contributed by atoms with Crippen LogP contribution in [0.4, 0.5) is 0 Å². The summed E-state index contributed by atoms with van der Waals surface area (Å²) in [6, 6.07) is 3.91. The van der Waals surface area contributed by atoms with Crippen molar-refractivity contribution >= 4 is 23.3 Å². The molecule has 0 saturated carbocycles. The van der Waals surface area contributed by atoms with Gasteiger partial charge in [0, 0.05) is 31.2 Å². The molecule has 0 spiro atoms. The van der Waals surface area contributed by atoms with E-state index in [2.05, 4.69) is 21.5 Å². The lowest BCUT2D eigenvalue weighted by atomic mass is 10.1. The van der Waals surface area contributed by atoms with Crippen molar-refractivity contribution in [1.29, 1.82) is 0 Å². The average molecular weight is 197 g/mol. The Kier molecular flexibility index (Phi) is 2.54. The second kappa shape index (κ2) is 4.00. The van der Waals surface area contributed by atoms with Crippen LogP contribution < -0.4 is 0 Å². The first-order valence-corrected chi connectivity index (χ1v) is 4.65. The highest BCUT2D eigenvalue weighted by Gasteiger charge is 2.04. The lowest BCUT2D eigenvalue weighted by Crippen LogP contribution is -1.93. The monoisotopic (exact) mass is 197 g/mol. The third-order valence-electron chi connectivity index (χ3n) is 2.19. The molecule has 0 atom stereocenters. The van der Waals surface area contributed by atoms with Crippen molar-refractivity contribution in [3.8, 4) is 0 Å². The van der Waals surface area contributed by atoms with Crippen molar-refractivity contribution in [2.24, 2.45) is 4.99 Å². The smallest absolute Gasteiger partial charge is 0.0980 e. The summed E-state index contributed by atoms with van der Waals surface area (Å²) in [5, 5.41) is 0. The van der Waals surface area contributed by atoms with Gasteiger partial charge in [0.1, 0.15) is 0 Å². The van der Waals surface area contributed by atoms with Gasteiger partial charge in [-0.05, 0) is 11.6 Å². The maximum atomic E-state index is 4.31. The van der Waals surface area contributed by atoms with Crippen LogP contribution in [-0.4, -0.2) is 23.2 Å². The van der Waals surface area contributed by atoms with E-state index in [1.807, 2.05) is 12.1 Å². The number of benzene rings is 1. The van der Waals surface area contributed by atoms with E-state index in [0.717, 1.165) is 22.2 Å². The molecule has 2 rings (SSSR count). The number of aromatic nitrogens is 2. The maximum absolute atomic E-state index is 4.31. The Balaban J connectivity index is 2.84. The highest BCUT2D eigenvalue weighted by atomic mass is 14.8. The Morgan fingerprint density at radius 2 is 2.07 bits per heavy atom. The van der Waals surface area contributed by atoms with Gasteiger partial charge in [-0.1, -0.05) is 18.7 Å². The average Bonchev–Trinajstić information content (AvgIpc) is 2.30. The van der Waals surface area contributed by atoms with Crippen LogP contribution in [0, 0.1) is 0 Å². The molecule has 0 N–H and O–H groups in total. The molecule has 0 saturated heterocycles. The molecule has 3 nitrogen and oxygen atoms in total. The largest absolute Gasteiger partial charge is 0.296 e. The molecule has 0 aliphatic heterocycles. The van der Waals surface area contributed by atoms with Crippen LogP contribution in [0.5, 0.6) is 0 Å². The van der Waals surface area contributed by atoms with Crippen LogP contribution in [0.25, 0.3) is 17.1 Å². The molecule has 0 bridgehead atoms. The summed E-state index contributed by atoms with van der Waals surface area (Å²) in [4.78, 5) is 12.6. The molecule has 1 aromatic carbocycles. The van der Waals surface area contributed by atoms with Crippen molar-refractivity contribution < 1.29 is 0 Å². The fraction of sp³-hybridized carbons (Fsp3) is 0.0833. The Morgan fingerprint density at radius 1 is 1.27 bits per heavy atom. The van der Waals surface area contributed by atoms with E-state index in [0.29, 0.717) is 0 Å². The minimum absolute atomic E-state index is 0.862. The Bertz CT molecular complexity index is 529. The number of hydrogen-bond donors (Lipinski definition) is 0. The van der Waals surface area contributed by atoms with Crippen LogP contribution in [0.3, 0.4) is 0 Å². The Labute approximate surface area is 88.2 Å². The molecule has 1 heterocycles. The molecule has 15 heavy (non-hydrogen) atoms. The van der Waals surface area contributed by atoms with Crippen LogP contribution in [-0.2, 0) is 0 Å². The Hall–Kier alpha value is -2.03. The minimum Gasteiger partial charge on any atom is -0.296 e. The molecule has 74 valence electrons. The van der Waals surface area contributed by atoms with Gasteiger partial charge in [-0.25, -0.2) is 0 Å². The fourth-order valence-electron chi connectivity index (χ4n) is 1.52. The molecule has 1 aromatic heterocycles. The SMILES string of the molecule is C=Cc1ccc2nccnc2c1C=NC. The molecule has 2 aromatic rings. The van der Waals surface area contributed by atoms with Gasteiger partial charge < -0.3 is 0 Å². The lowest BCUT2D eigenvalue weighted by molar-refractivity contribution is 1.29. The van der Waals surface area contributed by atoms with Crippen molar-refractivity contribution in [1.82, 2.24) is 9.97 Å². The van der Waals surface area contributed by atoms with Gasteiger partial charge >= 0.3 is 0 Å². The van der Waals surface area contributed by atoms with E-state index >= 15 is 0 Å². The van der Waals surface area contributed by atoms with Gasteiger partial charge in [-0.2, -0.15) is 0 Å². The second-order valence-corrected chi connectivity index (χ2v) is 3.08. The minimum atomic E-state index is 0.862. The summed E-state index contributed by atoms with van der Waals surface area (Å²) in [5.74, 6) is 0. The highest BCUT2D eigenvalue weighted by Crippen LogP contribution is 2.18. The van der Waals surface area contributed by atoms with Crippen LogP contribution in [0.15, 0.2) is 36.1 Å². The zero-order chi connectivity index (χ0) is 10.7. The number of rotatable bonds is 2. The predicted molar refractivity (Wildman–Crippen MR) is 63.1 cm³/mol. The molecule has 0 fully saturated rings. The van der Waals surface area contributed by atoms with Crippen molar-refractivity contribution in [3.05, 3.63) is 42.2 Å². The predicted octanol–water partition coefficient (Wildman–Crippen LogP) is 2.32. The highest BCUT2D eigenvalue weighted by molar-refractivity contribution is 5.99. The van der Waals surface area contributed by atoms with Gasteiger partial charge in [0.15, 0.2) is 0 Å². The third kappa shape index (κ3) is 1.64. The first-order chi connectivity index (χ1) is 7.36. The topological polar surface area (TPSA) is 38.1 Å². The van der Waals surface area contributed by atoms with E-state index < -0.39 is 0 Å². The van der Waals surface area contributed by atoms with E-state index in [9.17, 15) is 0 Å². The second-order valence-electron chi connectivity index (χ2n) is 3.08. The van der Waals surface area contributed by atoms with Crippen molar-refractivity contribution in [2.75, 3.05) is 7.05 Å². The summed E-state index contributed by atoms with van der Waals surface area (Å²) in [5.41, 5.74) is 3.73. The van der Waals surface area contributed by atoms with Gasteiger partial charge in [-0.3, -0.25) is 15.0 Å². The summed E-state index contributed by atoms with van der Waals surface area (Å²) >= 11 is 0. The van der Waals surface area contributed by atoms with E-state index in [4.69, 9.17) is 0 Å². The summed E-state index contributed by atoms with van der Waals surface area (Å²) in [6.45, 7) is 3.77. The van der Waals surface area contributed by atoms with Gasteiger partial charge in [0.25, 0.3) is 0 Å². The number of hydrogen-bond acceptors (Lipinski definition) is 3. The van der Waals surface area contributed by atoms with E-state index in [-0.39, 0.29) is 0 Å². The molecule has 0 amide bonds. The quantitative estimate of drug-likeness (QED) is 0.693. The fourth-order valence-corrected chi connectivity index (χ4v) is 1.52. The van der Waals surface area contributed by atoms with Crippen molar-refractivity contribution in [3.63, 3.8) is 0 Å². The molecular weight excluding hydrogens is 186 g/mol. The standard InChI is InChI=1S/C12H11N3/c1-3-9-4-5-11-12(10(9)8-13-2)15-7-6-14-11/h3-8H,1H2,2H3. The molecule has 3 heteroatoms. The van der Waals surface area contributed by atoms with Gasteiger partial charge in [-0.15, -0.1) is 0 Å². The first-order valence-electron chi connectivity index (χ1n) is 4.65. The molecule has 0 aliphatic carbocycles. The van der Waals surface area contributed by atoms with Crippen molar-refractivity contribution in [2.45, 2.75) is 0 Å². The van der Waals surface area contributed by atoms with E-state index in [1.54, 1.807) is 31.7 Å². The zero-order valence-corrected chi connectivity index (χ0v) is 8.51. The maximum Gasteiger partial charge on any atom is 0.0980 e. The summed E-state index contributed by atoms with van der Waals surface area (Å²) in [6.07, 6.45) is 6.95. The summed E-state index contributed by atoms with van der Waals surface area (Å²) in [7, 11) is 1.74. The number of nitrogens with zero attached hydrogens (tertiary/aromatic N) is 3. The third-order valence-corrected chi connectivity index (χ3v) is 2.19. The van der Waals surface area contributed by atoms with Crippen LogP contribution >= 0.6 is 0 Å². The molecular formula is C12H11N3. The van der Waals surface area contributed by atoms with Crippen LogP contribution in [0.1, 0.15) is 11.1 Å². The lowest BCUT2D eigenvalue weighted by Gasteiger charge is -2.03.